The number of carbonyl (C=O) groups excluding carboxylic acids is 1. The molecule has 0 spiro atoms. The van der Waals surface area contributed by atoms with Gasteiger partial charge in [-0.15, -0.1) is 0 Å². The highest BCUT2D eigenvalue weighted by atomic mass is 19.1. The number of benzene rings is 1. The number of halogens is 1. The highest BCUT2D eigenvalue weighted by Crippen LogP contribution is 2.23. The fourth-order valence-corrected chi connectivity index (χ4v) is 3.07. The van der Waals surface area contributed by atoms with E-state index in [9.17, 15) is 9.18 Å². The number of rotatable bonds is 4. The summed E-state index contributed by atoms with van der Waals surface area (Å²) in [6.07, 6.45) is 4.07. The van der Waals surface area contributed by atoms with Crippen molar-refractivity contribution in [1.29, 1.82) is 0 Å². The summed E-state index contributed by atoms with van der Waals surface area (Å²) in [6, 6.07) is 10.2. The highest BCUT2D eigenvalue weighted by Gasteiger charge is 2.18. The van der Waals surface area contributed by atoms with Crippen LogP contribution >= 0.6 is 0 Å². The first-order chi connectivity index (χ1) is 11.6. The highest BCUT2D eigenvalue weighted by molar-refractivity contribution is 5.93. The molecule has 0 bridgehead atoms. The Kier molecular flexibility index (Phi) is 5.08. The Labute approximate surface area is 141 Å². The van der Waals surface area contributed by atoms with Crippen LogP contribution in [0.25, 0.3) is 0 Å². The monoisotopic (exact) mass is 327 g/mol. The van der Waals surface area contributed by atoms with Gasteiger partial charge in [0.25, 0.3) is 5.91 Å². The zero-order chi connectivity index (χ0) is 16.9. The van der Waals surface area contributed by atoms with Crippen LogP contribution in [0.1, 0.15) is 35.8 Å². The van der Waals surface area contributed by atoms with Crippen molar-refractivity contribution in [2.45, 2.75) is 26.3 Å². The lowest BCUT2D eigenvalue weighted by molar-refractivity contribution is 0.0945. The Morgan fingerprint density at radius 3 is 3.00 bits per heavy atom. The van der Waals surface area contributed by atoms with Gasteiger partial charge < -0.3 is 10.2 Å². The molecule has 126 valence electrons. The third kappa shape index (κ3) is 3.91. The summed E-state index contributed by atoms with van der Waals surface area (Å²) in [5.74, 6) is 0.0530. The quantitative estimate of drug-likeness (QED) is 0.936. The zero-order valence-electron chi connectivity index (χ0n) is 13.8. The second-order valence-corrected chi connectivity index (χ2v) is 6.37. The predicted octanol–water partition coefficient (Wildman–Crippen LogP) is 3.39. The maximum atomic E-state index is 13.6. The molecule has 1 amide bonds. The number of aromatic nitrogens is 1. The van der Waals surface area contributed by atoms with Gasteiger partial charge in [0, 0.05) is 37.1 Å². The molecule has 1 fully saturated rings. The molecule has 24 heavy (non-hydrogen) atoms. The molecule has 5 heteroatoms. The largest absolute Gasteiger partial charge is 0.371 e. The minimum absolute atomic E-state index is 0.151. The summed E-state index contributed by atoms with van der Waals surface area (Å²) in [5, 5.41) is 2.74. The molecule has 1 saturated heterocycles. The van der Waals surface area contributed by atoms with Crippen LogP contribution in [0.4, 0.5) is 10.1 Å². The molecule has 1 aromatic heterocycles. The molecule has 1 aliphatic heterocycles. The SMILES string of the molecule is CC1CCCN(c2ccnc(C(=O)NCc3ccccc3F)c2)C1. The van der Waals surface area contributed by atoms with Crippen LogP contribution in [0.3, 0.4) is 0 Å². The number of pyridine rings is 1. The van der Waals surface area contributed by atoms with Crippen molar-refractivity contribution in [3.63, 3.8) is 0 Å². The fourth-order valence-electron chi connectivity index (χ4n) is 3.07. The first-order valence-corrected chi connectivity index (χ1v) is 8.36. The zero-order valence-corrected chi connectivity index (χ0v) is 13.8. The van der Waals surface area contributed by atoms with Crippen LogP contribution in [-0.4, -0.2) is 24.0 Å². The first kappa shape index (κ1) is 16.4. The van der Waals surface area contributed by atoms with Gasteiger partial charge in [0.1, 0.15) is 11.5 Å². The minimum Gasteiger partial charge on any atom is -0.371 e. The standard InChI is InChI=1S/C19H22FN3O/c1-14-5-4-10-23(13-14)16-8-9-21-18(11-16)19(24)22-12-15-6-2-3-7-17(15)20/h2-3,6-9,11,14H,4-5,10,12-13H2,1H3,(H,22,24). The van der Waals surface area contributed by atoms with Crippen LogP contribution in [-0.2, 0) is 6.54 Å². The van der Waals surface area contributed by atoms with Crippen molar-refractivity contribution in [2.75, 3.05) is 18.0 Å². The van der Waals surface area contributed by atoms with Gasteiger partial charge in [0.15, 0.2) is 0 Å². The Balaban J connectivity index is 1.67. The number of hydrogen-bond donors (Lipinski definition) is 1. The molecule has 1 aromatic carbocycles. The average molecular weight is 327 g/mol. The predicted molar refractivity (Wildman–Crippen MR) is 92.4 cm³/mol. The van der Waals surface area contributed by atoms with E-state index in [4.69, 9.17) is 0 Å². The second kappa shape index (κ2) is 7.43. The number of nitrogens with one attached hydrogen (secondary N) is 1. The molecule has 1 aliphatic rings. The number of amides is 1. The van der Waals surface area contributed by atoms with Gasteiger partial charge >= 0.3 is 0 Å². The second-order valence-electron chi connectivity index (χ2n) is 6.37. The lowest BCUT2D eigenvalue weighted by atomic mass is 10.00. The van der Waals surface area contributed by atoms with Crippen molar-refractivity contribution in [3.05, 3.63) is 59.7 Å². The molecule has 1 unspecified atom stereocenters. The van der Waals surface area contributed by atoms with Gasteiger partial charge in [-0.25, -0.2) is 4.39 Å². The van der Waals surface area contributed by atoms with E-state index < -0.39 is 0 Å². The molecule has 2 heterocycles. The van der Waals surface area contributed by atoms with Gasteiger partial charge in [0.05, 0.1) is 0 Å². The van der Waals surface area contributed by atoms with Crippen LogP contribution in [0.2, 0.25) is 0 Å². The van der Waals surface area contributed by atoms with Crippen molar-refractivity contribution in [3.8, 4) is 0 Å². The number of anilines is 1. The van der Waals surface area contributed by atoms with Crippen molar-refractivity contribution in [2.24, 2.45) is 5.92 Å². The van der Waals surface area contributed by atoms with Gasteiger partial charge in [0.2, 0.25) is 0 Å². The third-order valence-electron chi connectivity index (χ3n) is 4.40. The molecule has 1 atom stereocenters. The smallest absolute Gasteiger partial charge is 0.270 e. The first-order valence-electron chi connectivity index (χ1n) is 8.36. The lowest BCUT2D eigenvalue weighted by Crippen LogP contribution is -2.34. The van der Waals surface area contributed by atoms with Crippen LogP contribution in [0, 0.1) is 11.7 Å². The summed E-state index contributed by atoms with van der Waals surface area (Å²) in [5.41, 5.74) is 1.85. The summed E-state index contributed by atoms with van der Waals surface area (Å²) < 4.78 is 13.6. The molecular formula is C19H22FN3O. The topological polar surface area (TPSA) is 45.2 Å². The molecule has 1 N–H and O–H groups in total. The van der Waals surface area contributed by atoms with Crippen molar-refractivity contribution >= 4 is 11.6 Å². The Morgan fingerprint density at radius 1 is 1.38 bits per heavy atom. The molecule has 2 aromatic rings. The molecule has 3 rings (SSSR count). The maximum absolute atomic E-state index is 13.6. The van der Waals surface area contributed by atoms with E-state index in [0.717, 1.165) is 25.2 Å². The van der Waals surface area contributed by atoms with Crippen LogP contribution < -0.4 is 10.2 Å². The van der Waals surface area contributed by atoms with Gasteiger partial charge in [-0.3, -0.25) is 9.78 Å². The van der Waals surface area contributed by atoms with E-state index in [0.29, 0.717) is 17.2 Å². The summed E-state index contributed by atoms with van der Waals surface area (Å²) in [7, 11) is 0. The average Bonchev–Trinajstić information content (AvgIpc) is 2.61. The summed E-state index contributed by atoms with van der Waals surface area (Å²) in [6.45, 7) is 4.40. The third-order valence-corrected chi connectivity index (χ3v) is 4.40. The van der Waals surface area contributed by atoms with E-state index >= 15 is 0 Å². The van der Waals surface area contributed by atoms with Crippen molar-refractivity contribution < 1.29 is 9.18 Å². The molecule has 0 saturated carbocycles. The number of hydrogen-bond acceptors (Lipinski definition) is 3. The molecule has 0 aliphatic carbocycles. The minimum atomic E-state index is -0.318. The van der Waals surface area contributed by atoms with E-state index in [1.54, 1.807) is 24.4 Å². The van der Waals surface area contributed by atoms with E-state index in [1.807, 2.05) is 12.1 Å². The summed E-state index contributed by atoms with van der Waals surface area (Å²) >= 11 is 0. The van der Waals surface area contributed by atoms with E-state index in [2.05, 4.69) is 22.1 Å². The van der Waals surface area contributed by atoms with Crippen LogP contribution in [0.5, 0.6) is 0 Å². The van der Waals surface area contributed by atoms with Gasteiger partial charge in [-0.2, -0.15) is 0 Å². The normalized spacial score (nSPS) is 17.6. The number of nitrogens with zero attached hydrogens (tertiary/aromatic N) is 2. The summed E-state index contributed by atoms with van der Waals surface area (Å²) in [4.78, 5) is 18.8. The number of piperidine rings is 1. The van der Waals surface area contributed by atoms with Gasteiger partial charge in [-0.05, 0) is 37.0 Å². The number of carbonyl (C=O) groups is 1. The van der Waals surface area contributed by atoms with Crippen molar-refractivity contribution in [1.82, 2.24) is 10.3 Å². The lowest BCUT2D eigenvalue weighted by Gasteiger charge is -2.32. The Hall–Kier alpha value is -2.43. The molecular weight excluding hydrogens is 305 g/mol. The Morgan fingerprint density at radius 2 is 2.21 bits per heavy atom. The fraction of sp³-hybridized carbons (Fsp3) is 0.368. The molecule has 4 nitrogen and oxygen atoms in total. The maximum Gasteiger partial charge on any atom is 0.270 e. The van der Waals surface area contributed by atoms with Gasteiger partial charge in [-0.1, -0.05) is 25.1 Å². The molecule has 0 radical (unpaired) electrons. The van der Waals surface area contributed by atoms with E-state index in [1.165, 1.54) is 12.5 Å². The van der Waals surface area contributed by atoms with Crippen LogP contribution in [0.15, 0.2) is 42.6 Å². The van der Waals surface area contributed by atoms with E-state index in [-0.39, 0.29) is 18.3 Å². The Bertz CT molecular complexity index is 719.